The molecule has 0 spiro atoms. The third kappa shape index (κ3) is 2.91. The predicted molar refractivity (Wildman–Crippen MR) is 74.1 cm³/mol. The molecule has 0 unspecified atom stereocenters. The first kappa shape index (κ1) is 12.7. The molecular weight excluding hydrogens is 298 g/mol. The molecule has 1 aromatic carbocycles. The van der Waals surface area contributed by atoms with Crippen molar-refractivity contribution in [2.24, 2.45) is 12.8 Å². The van der Waals surface area contributed by atoms with Gasteiger partial charge in [-0.15, -0.1) is 0 Å². The van der Waals surface area contributed by atoms with Gasteiger partial charge in [0.25, 0.3) is 0 Å². The summed E-state index contributed by atoms with van der Waals surface area (Å²) >= 11 is 5.20. The van der Waals surface area contributed by atoms with E-state index in [9.17, 15) is 0 Å². The van der Waals surface area contributed by atoms with E-state index in [1.165, 1.54) is 0 Å². The van der Waals surface area contributed by atoms with Crippen LogP contribution in [0.15, 0.2) is 45.1 Å². The van der Waals surface area contributed by atoms with Crippen LogP contribution in [0.1, 0.15) is 18.5 Å². The Morgan fingerprint density at radius 1 is 1.47 bits per heavy atom. The normalized spacial score (nSPS) is 12.7. The van der Waals surface area contributed by atoms with E-state index in [1.807, 2.05) is 24.7 Å². The van der Waals surface area contributed by atoms with Gasteiger partial charge in [0.1, 0.15) is 0 Å². The molecule has 0 aliphatic heterocycles. The van der Waals surface area contributed by atoms with Crippen LogP contribution in [-0.2, 0) is 7.05 Å². The Labute approximate surface area is 114 Å². The Bertz CT molecular complexity index is 522. The second-order valence-electron chi connectivity index (χ2n) is 3.90. The molecular formula is C12H14BrN3S. The van der Waals surface area contributed by atoms with Crippen molar-refractivity contribution in [1.82, 2.24) is 9.55 Å². The summed E-state index contributed by atoms with van der Waals surface area (Å²) in [5, 5.41) is 0.972. The number of benzene rings is 1. The Morgan fingerprint density at radius 3 is 2.76 bits per heavy atom. The van der Waals surface area contributed by atoms with Crippen LogP contribution in [0.2, 0.25) is 0 Å². The third-order valence-electron chi connectivity index (χ3n) is 2.46. The minimum atomic E-state index is 0.0542. The highest BCUT2D eigenvalue weighted by Crippen LogP contribution is 2.33. The molecule has 0 amide bonds. The lowest BCUT2D eigenvalue weighted by atomic mass is 10.1. The Kier molecular flexibility index (Phi) is 3.91. The lowest BCUT2D eigenvalue weighted by molar-refractivity contribution is 0.789. The standard InChI is InChI=1S/C12H14BrN3S/c1-8(14)9-3-4-11(10(13)7-9)17-12-15-5-6-16(12)2/h3-8H,14H2,1-2H3/t8-/m1/s1. The van der Waals surface area contributed by atoms with E-state index in [0.29, 0.717) is 0 Å². The maximum absolute atomic E-state index is 5.85. The van der Waals surface area contributed by atoms with E-state index in [1.54, 1.807) is 18.0 Å². The van der Waals surface area contributed by atoms with Gasteiger partial charge in [0.05, 0.1) is 0 Å². The Hall–Kier alpha value is -0.780. The molecule has 0 radical (unpaired) electrons. The van der Waals surface area contributed by atoms with Crippen LogP contribution in [0.25, 0.3) is 0 Å². The maximum Gasteiger partial charge on any atom is 0.172 e. The largest absolute Gasteiger partial charge is 0.329 e. The molecule has 2 N–H and O–H groups in total. The molecule has 3 nitrogen and oxygen atoms in total. The van der Waals surface area contributed by atoms with Gasteiger partial charge < -0.3 is 10.3 Å². The SMILES string of the molecule is C[C@@H](N)c1ccc(Sc2nccn2C)c(Br)c1. The summed E-state index contributed by atoms with van der Waals surface area (Å²) in [6, 6.07) is 6.25. The lowest BCUT2D eigenvalue weighted by Crippen LogP contribution is -2.04. The van der Waals surface area contributed by atoms with Crippen LogP contribution < -0.4 is 5.73 Å². The first-order valence-electron chi connectivity index (χ1n) is 5.28. The van der Waals surface area contributed by atoms with Crippen molar-refractivity contribution < 1.29 is 0 Å². The van der Waals surface area contributed by atoms with E-state index in [4.69, 9.17) is 5.73 Å². The van der Waals surface area contributed by atoms with E-state index in [-0.39, 0.29) is 6.04 Å². The van der Waals surface area contributed by atoms with Gasteiger partial charge in [0, 0.05) is 34.9 Å². The average molecular weight is 312 g/mol. The average Bonchev–Trinajstić information content (AvgIpc) is 2.67. The van der Waals surface area contributed by atoms with E-state index < -0.39 is 0 Å². The van der Waals surface area contributed by atoms with Crippen molar-refractivity contribution >= 4 is 27.7 Å². The molecule has 0 aliphatic rings. The number of halogens is 1. The summed E-state index contributed by atoms with van der Waals surface area (Å²) in [5.41, 5.74) is 6.97. The fourth-order valence-corrected chi connectivity index (χ4v) is 2.88. The van der Waals surface area contributed by atoms with Crippen molar-refractivity contribution in [2.45, 2.75) is 23.0 Å². The topological polar surface area (TPSA) is 43.8 Å². The Balaban J connectivity index is 2.26. The summed E-state index contributed by atoms with van der Waals surface area (Å²) < 4.78 is 3.05. The van der Waals surface area contributed by atoms with Gasteiger partial charge in [-0.25, -0.2) is 4.98 Å². The molecule has 0 fully saturated rings. The number of aromatic nitrogens is 2. The van der Waals surface area contributed by atoms with Gasteiger partial charge in [-0.1, -0.05) is 17.8 Å². The van der Waals surface area contributed by atoms with Crippen LogP contribution in [0, 0.1) is 0 Å². The molecule has 0 bridgehead atoms. The summed E-state index contributed by atoms with van der Waals surface area (Å²) in [6.45, 7) is 1.98. The van der Waals surface area contributed by atoms with Crippen LogP contribution in [0.3, 0.4) is 0 Å². The van der Waals surface area contributed by atoms with Crippen LogP contribution in [-0.4, -0.2) is 9.55 Å². The van der Waals surface area contributed by atoms with E-state index in [0.717, 1.165) is 20.1 Å². The fourth-order valence-electron chi connectivity index (χ4n) is 1.43. The van der Waals surface area contributed by atoms with Crippen molar-refractivity contribution in [2.75, 3.05) is 0 Å². The Morgan fingerprint density at radius 2 is 2.24 bits per heavy atom. The summed E-state index contributed by atoms with van der Waals surface area (Å²) in [6.07, 6.45) is 3.74. The van der Waals surface area contributed by atoms with Gasteiger partial charge >= 0.3 is 0 Å². The highest BCUT2D eigenvalue weighted by Gasteiger charge is 2.08. The number of hydrogen-bond acceptors (Lipinski definition) is 3. The van der Waals surface area contributed by atoms with Crippen molar-refractivity contribution in [3.63, 3.8) is 0 Å². The molecule has 0 aliphatic carbocycles. The van der Waals surface area contributed by atoms with Crippen LogP contribution in [0.5, 0.6) is 0 Å². The molecule has 17 heavy (non-hydrogen) atoms. The number of nitrogens with two attached hydrogens (primary N) is 1. The highest BCUT2D eigenvalue weighted by atomic mass is 79.9. The second-order valence-corrected chi connectivity index (χ2v) is 5.76. The van der Waals surface area contributed by atoms with Crippen molar-refractivity contribution in [3.8, 4) is 0 Å². The lowest BCUT2D eigenvalue weighted by Gasteiger charge is -2.09. The molecule has 1 atom stereocenters. The van der Waals surface area contributed by atoms with Gasteiger partial charge in [0.15, 0.2) is 5.16 Å². The maximum atomic E-state index is 5.85. The number of imidazole rings is 1. The zero-order valence-corrected chi connectivity index (χ0v) is 12.1. The van der Waals surface area contributed by atoms with Crippen molar-refractivity contribution in [3.05, 3.63) is 40.6 Å². The smallest absolute Gasteiger partial charge is 0.172 e. The molecule has 0 saturated carbocycles. The first-order valence-corrected chi connectivity index (χ1v) is 6.89. The van der Waals surface area contributed by atoms with Gasteiger partial charge in [-0.3, -0.25) is 0 Å². The van der Waals surface area contributed by atoms with Gasteiger partial charge in [-0.2, -0.15) is 0 Å². The molecule has 1 aromatic heterocycles. The third-order valence-corrected chi connectivity index (χ3v) is 4.53. The first-order chi connectivity index (χ1) is 8.08. The van der Waals surface area contributed by atoms with Gasteiger partial charge in [0.2, 0.25) is 0 Å². The summed E-state index contributed by atoms with van der Waals surface area (Å²) in [5.74, 6) is 0. The number of nitrogens with zero attached hydrogens (tertiary/aromatic N) is 2. The zero-order valence-electron chi connectivity index (χ0n) is 9.72. The highest BCUT2D eigenvalue weighted by molar-refractivity contribution is 9.10. The number of rotatable bonds is 3. The van der Waals surface area contributed by atoms with Crippen LogP contribution >= 0.6 is 27.7 Å². The predicted octanol–water partition coefficient (Wildman–Crippen LogP) is 3.35. The minimum absolute atomic E-state index is 0.0542. The number of aryl methyl sites for hydroxylation is 1. The molecule has 0 saturated heterocycles. The molecule has 90 valence electrons. The van der Waals surface area contributed by atoms with Crippen molar-refractivity contribution in [1.29, 1.82) is 0 Å². The molecule has 2 aromatic rings. The monoisotopic (exact) mass is 311 g/mol. The molecule has 2 rings (SSSR count). The minimum Gasteiger partial charge on any atom is -0.329 e. The summed E-state index contributed by atoms with van der Waals surface area (Å²) in [4.78, 5) is 5.43. The number of hydrogen-bond donors (Lipinski definition) is 1. The molecule has 5 heteroatoms. The quantitative estimate of drug-likeness (QED) is 0.945. The molecule has 1 heterocycles. The van der Waals surface area contributed by atoms with Crippen LogP contribution in [0.4, 0.5) is 0 Å². The zero-order chi connectivity index (χ0) is 12.4. The second kappa shape index (κ2) is 5.25. The van der Waals surface area contributed by atoms with Gasteiger partial charge in [-0.05, 0) is 40.5 Å². The van der Waals surface area contributed by atoms with E-state index >= 15 is 0 Å². The van der Waals surface area contributed by atoms with E-state index in [2.05, 4.69) is 39.1 Å². The summed E-state index contributed by atoms with van der Waals surface area (Å²) in [7, 11) is 1.99. The fraction of sp³-hybridized carbons (Fsp3) is 0.250.